The molecule has 2 aromatic rings. The van der Waals surface area contributed by atoms with E-state index in [2.05, 4.69) is 33.5 Å². The van der Waals surface area contributed by atoms with Crippen LogP contribution in [-0.4, -0.2) is 53.6 Å². The van der Waals surface area contributed by atoms with Gasteiger partial charge in [0.2, 0.25) is 17.7 Å². The molecule has 33 heavy (non-hydrogen) atoms. The summed E-state index contributed by atoms with van der Waals surface area (Å²) in [6, 6.07) is 7.61. The highest BCUT2D eigenvalue weighted by Gasteiger charge is 2.33. The fraction of sp³-hybridized carbons (Fsp3) is 0.409. The zero-order valence-electron chi connectivity index (χ0n) is 18.9. The van der Waals surface area contributed by atoms with Gasteiger partial charge in [0, 0.05) is 31.1 Å². The van der Waals surface area contributed by atoms with Gasteiger partial charge >= 0.3 is 0 Å². The van der Waals surface area contributed by atoms with E-state index in [1.54, 1.807) is 4.90 Å². The van der Waals surface area contributed by atoms with Gasteiger partial charge in [-0.25, -0.2) is 4.98 Å². The first-order chi connectivity index (χ1) is 15.8. The molecule has 7 N–H and O–H groups in total. The number of amides is 3. The minimum absolute atomic E-state index is 0.131. The van der Waals surface area contributed by atoms with Crippen molar-refractivity contribution in [2.24, 2.45) is 11.5 Å². The number of nitrogens with two attached hydrogens (primary N) is 2. The number of carbonyl (C=O) groups excluding carboxylic acids is 3. The van der Waals surface area contributed by atoms with Crippen molar-refractivity contribution in [3.63, 3.8) is 0 Å². The molecule has 1 aliphatic rings. The average molecular weight is 474 g/mol. The largest absolute Gasteiger partial charge is 0.390 e. The monoisotopic (exact) mass is 473 g/mol. The summed E-state index contributed by atoms with van der Waals surface area (Å²) in [4.78, 5) is 42.9. The Hall–Kier alpha value is -3.47. The Labute approximate surface area is 197 Å². The van der Waals surface area contributed by atoms with Crippen LogP contribution in [0, 0.1) is 5.41 Å². The molecule has 10 nitrogen and oxygen atoms in total. The molecule has 0 unspecified atom stereocenters. The summed E-state index contributed by atoms with van der Waals surface area (Å²) in [6.07, 6.45) is 3.69. The van der Waals surface area contributed by atoms with Crippen LogP contribution in [-0.2, 0) is 33.6 Å². The second kappa shape index (κ2) is 12.5. The fourth-order valence-electron chi connectivity index (χ4n) is 3.62. The summed E-state index contributed by atoms with van der Waals surface area (Å²) in [5.74, 6) is -0.799. The molecule has 1 aromatic heterocycles. The second-order valence-electron chi connectivity index (χ2n) is 7.51. The molecule has 11 heteroatoms. The summed E-state index contributed by atoms with van der Waals surface area (Å²) in [7, 11) is 1.88. The molecule has 1 saturated heterocycles. The van der Waals surface area contributed by atoms with Gasteiger partial charge in [0.25, 0.3) is 0 Å². The summed E-state index contributed by atoms with van der Waals surface area (Å²) in [5, 5.41) is 12.1. The minimum Gasteiger partial charge on any atom is -0.390 e. The molecule has 3 amide bonds. The molecule has 0 aliphatic carbocycles. The van der Waals surface area contributed by atoms with Gasteiger partial charge in [-0.1, -0.05) is 12.1 Å². The normalized spacial score (nSPS) is 14.7. The zero-order chi connectivity index (χ0) is 24.4. The number of primary amides is 1. The first kappa shape index (κ1) is 25.8. The maximum Gasteiger partial charge on any atom is 0.240 e. The molecular formula is C22H31N7O3S. The van der Waals surface area contributed by atoms with E-state index in [1.165, 1.54) is 18.3 Å². The van der Waals surface area contributed by atoms with E-state index in [4.69, 9.17) is 11.1 Å². The number of anilines is 2. The van der Waals surface area contributed by atoms with E-state index >= 15 is 0 Å². The number of nitrogens with zero attached hydrogens (tertiary/aromatic N) is 2. The number of likely N-dealkylation sites (tertiary alicyclic amines) is 1. The van der Waals surface area contributed by atoms with Gasteiger partial charge in [-0.15, -0.1) is 11.3 Å². The van der Waals surface area contributed by atoms with E-state index in [1.807, 2.05) is 19.2 Å². The van der Waals surface area contributed by atoms with Gasteiger partial charge in [-0.2, -0.15) is 0 Å². The van der Waals surface area contributed by atoms with Gasteiger partial charge in [-0.3, -0.25) is 19.8 Å². The third-order valence-electron chi connectivity index (χ3n) is 5.17. The summed E-state index contributed by atoms with van der Waals surface area (Å²) in [5.41, 5.74) is 12.8. The molecule has 0 spiro atoms. The summed E-state index contributed by atoms with van der Waals surface area (Å²) >= 11 is 1.31. The second-order valence-corrected chi connectivity index (χ2v) is 8.59. The maximum atomic E-state index is 12.9. The highest BCUT2D eigenvalue weighted by molar-refractivity contribution is 7.16. The molecule has 0 bridgehead atoms. The number of hydrogen-bond donors (Lipinski definition) is 5. The Balaban J connectivity index is 0.00000122. The van der Waals surface area contributed by atoms with Crippen LogP contribution in [0.15, 0.2) is 24.3 Å². The van der Waals surface area contributed by atoms with Crippen molar-refractivity contribution in [2.45, 2.75) is 45.1 Å². The van der Waals surface area contributed by atoms with Gasteiger partial charge in [-0.05, 0) is 43.4 Å². The van der Waals surface area contributed by atoms with E-state index in [0.717, 1.165) is 41.0 Å². The number of rotatable bonds is 8. The summed E-state index contributed by atoms with van der Waals surface area (Å²) in [6.45, 7) is 1.97. The van der Waals surface area contributed by atoms with E-state index in [9.17, 15) is 14.4 Å². The van der Waals surface area contributed by atoms with Crippen LogP contribution in [0.25, 0.3) is 0 Å². The molecule has 2 heterocycles. The third kappa shape index (κ3) is 7.56. The van der Waals surface area contributed by atoms with Gasteiger partial charge in [0.1, 0.15) is 6.04 Å². The molecule has 0 saturated carbocycles. The van der Waals surface area contributed by atoms with Crippen molar-refractivity contribution in [2.75, 3.05) is 24.2 Å². The predicted octanol–water partition coefficient (Wildman–Crippen LogP) is 1.50. The Morgan fingerprint density at radius 1 is 1.27 bits per heavy atom. The van der Waals surface area contributed by atoms with Crippen LogP contribution in [0.2, 0.25) is 0 Å². The number of carbonyl (C=O) groups is 3. The van der Waals surface area contributed by atoms with Crippen LogP contribution in [0.3, 0.4) is 0 Å². The Morgan fingerprint density at radius 2 is 1.94 bits per heavy atom. The number of hydrogen-bond acceptors (Lipinski definition) is 7. The molecule has 1 fully saturated rings. The number of aromatic nitrogens is 1. The lowest BCUT2D eigenvalue weighted by Gasteiger charge is -2.22. The topological polar surface area (TPSA) is 167 Å². The molecule has 1 atom stereocenters. The zero-order valence-corrected chi connectivity index (χ0v) is 19.7. The average Bonchev–Trinajstić information content (AvgIpc) is 3.40. The number of aryl methyl sites for hydroxylation is 2. The number of nitrogens with one attached hydrogen (secondary N) is 3. The minimum atomic E-state index is -0.533. The first-order valence-corrected chi connectivity index (χ1v) is 11.4. The first-order valence-electron chi connectivity index (χ1n) is 10.6. The van der Waals surface area contributed by atoms with E-state index in [0.29, 0.717) is 24.5 Å². The van der Waals surface area contributed by atoms with Crippen molar-refractivity contribution in [1.29, 1.82) is 5.41 Å². The lowest BCUT2D eigenvalue weighted by molar-refractivity contribution is -0.136. The molecule has 1 aliphatic heterocycles. The standard InChI is InChI=1S/C21H27N5O3S.CH4N2/c1-13(27)24-21-25-16(10-7-14-5-8-15(23-2)9-6-14)18(30-21)12-19(28)26-11-3-4-17(26)20(22)29;2-1-3/h5-6,8-9,17,23H,3-4,7,10-12H2,1-2H3,(H2,22,29)(H,24,25,27);1H,(H3,2,3)/t17-;/m1./s1. The van der Waals surface area contributed by atoms with E-state index in [-0.39, 0.29) is 18.2 Å². The Kier molecular flexibility index (Phi) is 9.80. The van der Waals surface area contributed by atoms with Crippen molar-refractivity contribution >= 4 is 46.2 Å². The number of thiazole rings is 1. The van der Waals surface area contributed by atoms with Crippen LogP contribution >= 0.6 is 11.3 Å². The predicted molar refractivity (Wildman–Crippen MR) is 130 cm³/mol. The SMILES string of the molecule is CNc1ccc(CCc2nc(NC(C)=O)sc2CC(=O)N2CCC[C@@H]2C(N)=O)cc1.N=CN. The number of benzene rings is 1. The molecule has 178 valence electrons. The van der Waals surface area contributed by atoms with Gasteiger partial charge in [0.05, 0.1) is 18.5 Å². The Morgan fingerprint density at radius 3 is 2.52 bits per heavy atom. The molecule has 3 rings (SSSR count). The Bertz CT molecular complexity index is 975. The maximum absolute atomic E-state index is 12.9. The van der Waals surface area contributed by atoms with Crippen LogP contribution in [0.1, 0.15) is 35.9 Å². The summed E-state index contributed by atoms with van der Waals surface area (Å²) < 4.78 is 0. The van der Waals surface area contributed by atoms with Gasteiger partial charge < -0.3 is 27.0 Å². The van der Waals surface area contributed by atoms with Crippen molar-refractivity contribution in [3.05, 3.63) is 40.4 Å². The highest BCUT2D eigenvalue weighted by atomic mass is 32.1. The smallest absolute Gasteiger partial charge is 0.240 e. The van der Waals surface area contributed by atoms with Crippen LogP contribution in [0.4, 0.5) is 10.8 Å². The lowest BCUT2D eigenvalue weighted by Crippen LogP contribution is -2.44. The quantitative estimate of drug-likeness (QED) is 0.288. The molecule has 1 aromatic carbocycles. The third-order valence-corrected chi connectivity index (χ3v) is 6.18. The van der Waals surface area contributed by atoms with Crippen molar-refractivity contribution < 1.29 is 14.4 Å². The molecule has 0 radical (unpaired) electrons. The lowest BCUT2D eigenvalue weighted by atomic mass is 10.1. The van der Waals surface area contributed by atoms with Crippen molar-refractivity contribution in [3.8, 4) is 0 Å². The van der Waals surface area contributed by atoms with Gasteiger partial charge in [0.15, 0.2) is 5.13 Å². The molecular weight excluding hydrogens is 442 g/mol. The fourth-order valence-corrected chi connectivity index (χ4v) is 4.67. The van der Waals surface area contributed by atoms with Crippen LogP contribution in [0.5, 0.6) is 0 Å². The van der Waals surface area contributed by atoms with Crippen molar-refractivity contribution in [1.82, 2.24) is 9.88 Å². The highest BCUT2D eigenvalue weighted by Crippen LogP contribution is 2.27. The van der Waals surface area contributed by atoms with Crippen LogP contribution < -0.4 is 22.1 Å². The van der Waals surface area contributed by atoms with E-state index < -0.39 is 11.9 Å².